The van der Waals surface area contributed by atoms with Gasteiger partial charge in [-0.25, -0.2) is 0 Å². The summed E-state index contributed by atoms with van der Waals surface area (Å²) in [7, 11) is 0. The SMILES string of the molecule is CCCNC(=O)c1sc(N2CCOCC2)c(C#N)c1N. The Morgan fingerprint density at radius 3 is 2.85 bits per heavy atom. The van der Waals surface area contributed by atoms with Crippen LogP contribution in [0.15, 0.2) is 0 Å². The fourth-order valence-corrected chi connectivity index (χ4v) is 3.16. The van der Waals surface area contributed by atoms with Gasteiger partial charge in [-0.15, -0.1) is 11.3 Å². The molecule has 2 heterocycles. The second-order valence-electron chi connectivity index (χ2n) is 4.49. The molecule has 7 heteroatoms. The van der Waals surface area contributed by atoms with E-state index < -0.39 is 0 Å². The zero-order valence-corrected chi connectivity index (χ0v) is 12.3. The monoisotopic (exact) mass is 294 g/mol. The van der Waals surface area contributed by atoms with Crippen molar-refractivity contribution in [2.45, 2.75) is 13.3 Å². The minimum atomic E-state index is -0.203. The highest BCUT2D eigenvalue weighted by atomic mass is 32.1. The first-order valence-electron chi connectivity index (χ1n) is 6.62. The molecular formula is C13H18N4O2S. The number of nitriles is 1. The van der Waals surface area contributed by atoms with Crippen LogP contribution in [0.1, 0.15) is 28.6 Å². The van der Waals surface area contributed by atoms with Crippen molar-refractivity contribution in [3.8, 4) is 6.07 Å². The van der Waals surface area contributed by atoms with E-state index in [0.29, 0.717) is 43.3 Å². The van der Waals surface area contributed by atoms with Gasteiger partial charge in [0.1, 0.15) is 21.5 Å². The van der Waals surface area contributed by atoms with Crippen LogP contribution in [0, 0.1) is 11.3 Å². The van der Waals surface area contributed by atoms with E-state index in [2.05, 4.69) is 16.3 Å². The molecule has 1 saturated heterocycles. The van der Waals surface area contributed by atoms with Crippen LogP contribution in [0.4, 0.5) is 10.7 Å². The lowest BCUT2D eigenvalue weighted by molar-refractivity contribution is 0.0958. The Morgan fingerprint density at radius 1 is 1.55 bits per heavy atom. The first-order valence-corrected chi connectivity index (χ1v) is 7.44. The Bertz CT molecular complexity index is 529. The van der Waals surface area contributed by atoms with E-state index in [1.807, 2.05) is 6.92 Å². The predicted molar refractivity (Wildman–Crippen MR) is 79.1 cm³/mol. The number of ether oxygens (including phenoxy) is 1. The zero-order chi connectivity index (χ0) is 14.5. The molecule has 1 aliphatic heterocycles. The summed E-state index contributed by atoms with van der Waals surface area (Å²) >= 11 is 1.29. The molecule has 1 aromatic rings. The van der Waals surface area contributed by atoms with Crippen molar-refractivity contribution in [3.05, 3.63) is 10.4 Å². The quantitative estimate of drug-likeness (QED) is 0.870. The molecule has 0 aromatic carbocycles. The van der Waals surface area contributed by atoms with Crippen LogP contribution in [0.2, 0.25) is 0 Å². The standard InChI is InChI=1S/C13H18N4O2S/c1-2-3-16-12(18)11-10(15)9(8-14)13(20-11)17-4-6-19-7-5-17/h2-7,15H2,1H3,(H,16,18). The number of nitrogen functional groups attached to an aromatic ring is 1. The van der Waals surface area contributed by atoms with Crippen LogP contribution >= 0.6 is 11.3 Å². The van der Waals surface area contributed by atoms with E-state index in [-0.39, 0.29) is 11.6 Å². The zero-order valence-electron chi connectivity index (χ0n) is 11.4. The van der Waals surface area contributed by atoms with E-state index in [1.165, 1.54) is 11.3 Å². The summed E-state index contributed by atoms with van der Waals surface area (Å²) in [4.78, 5) is 14.5. The first kappa shape index (κ1) is 14.6. The highest BCUT2D eigenvalue weighted by molar-refractivity contribution is 7.19. The van der Waals surface area contributed by atoms with E-state index >= 15 is 0 Å². The van der Waals surface area contributed by atoms with Crippen LogP contribution in [0.3, 0.4) is 0 Å². The highest BCUT2D eigenvalue weighted by Crippen LogP contribution is 2.38. The number of hydrogen-bond donors (Lipinski definition) is 2. The van der Waals surface area contributed by atoms with Crippen molar-refractivity contribution in [2.75, 3.05) is 43.5 Å². The normalized spacial score (nSPS) is 14.9. The largest absolute Gasteiger partial charge is 0.396 e. The van der Waals surface area contributed by atoms with Crippen LogP contribution in [-0.4, -0.2) is 38.8 Å². The molecule has 1 aliphatic rings. The second kappa shape index (κ2) is 6.59. The number of thiophene rings is 1. The Hall–Kier alpha value is -1.78. The van der Waals surface area contributed by atoms with Gasteiger partial charge in [0.2, 0.25) is 0 Å². The van der Waals surface area contributed by atoms with Gasteiger partial charge in [-0.3, -0.25) is 4.79 Å². The molecule has 6 nitrogen and oxygen atoms in total. The van der Waals surface area contributed by atoms with E-state index in [0.717, 1.165) is 11.4 Å². The average molecular weight is 294 g/mol. The van der Waals surface area contributed by atoms with Crippen molar-refractivity contribution in [1.29, 1.82) is 5.26 Å². The number of anilines is 2. The van der Waals surface area contributed by atoms with E-state index in [9.17, 15) is 10.1 Å². The minimum Gasteiger partial charge on any atom is -0.396 e. The fourth-order valence-electron chi connectivity index (χ4n) is 2.02. The predicted octanol–water partition coefficient (Wildman–Crippen LogP) is 1.18. The molecule has 0 aliphatic carbocycles. The number of morpholine rings is 1. The van der Waals surface area contributed by atoms with Crippen LogP contribution < -0.4 is 16.0 Å². The van der Waals surface area contributed by atoms with Gasteiger partial charge in [-0.2, -0.15) is 5.26 Å². The number of nitrogens with two attached hydrogens (primary N) is 1. The molecule has 20 heavy (non-hydrogen) atoms. The van der Waals surface area contributed by atoms with Gasteiger partial charge in [0.25, 0.3) is 5.91 Å². The molecule has 0 radical (unpaired) electrons. The van der Waals surface area contributed by atoms with Gasteiger partial charge in [0.05, 0.1) is 18.9 Å². The van der Waals surface area contributed by atoms with Crippen molar-refractivity contribution < 1.29 is 9.53 Å². The average Bonchev–Trinajstić information content (AvgIpc) is 2.82. The molecule has 0 atom stereocenters. The number of amides is 1. The molecule has 2 rings (SSSR count). The molecule has 3 N–H and O–H groups in total. The summed E-state index contributed by atoms with van der Waals surface area (Å²) in [5, 5.41) is 12.9. The lowest BCUT2D eigenvalue weighted by atomic mass is 10.2. The molecular weight excluding hydrogens is 276 g/mol. The Morgan fingerprint density at radius 2 is 2.25 bits per heavy atom. The Kier molecular flexibility index (Phi) is 4.82. The summed E-state index contributed by atoms with van der Waals surface area (Å²) in [5.41, 5.74) is 6.65. The topological polar surface area (TPSA) is 91.4 Å². The molecule has 1 aromatic heterocycles. The lowest BCUT2D eigenvalue weighted by Crippen LogP contribution is -2.36. The number of carbonyl (C=O) groups is 1. The smallest absolute Gasteiger partial charge is 0.263 e. The third-order valence-electron chi connectivity index (χ3n) is 3.08. The van der Waals surface area contributed by atoms with Gasteiger partial charge in [0.15, 0.2) is 0 Å². The van der Waals surface area contributed by atoms with Gasteiger partial charge < -0.3 is 20.7 Å². The van der Waals surface area contributed by atoms with Gasteiger partial charge in [-0.1, -0.05) is 6.92 Å². The summed E-state index contributed by atoms with van der Waals surface area (Å²) in [6.07, 6.45) is 0.860. The van der Waals surface area contributed by atoms with Crippen LogP contribution in [0.25, 0.3) is 0 Å². The molecule has 0 saturated carbocycles. The number of nitrogens with one attached hydrogen (secondary N) is 1. The maximum atomic E-state index is 12.1. The minimum absolute atomic E-state index is 0.203. The molecule has 108 valence electrons. The number of hydrogen-bond acceptors (Lipinski definition) is 6. The Balaban J connectivity index is 2.29. The van der Waals surface area contributed by atoms with Gasteiger partial charge >= 0.3 is 0 Å². The molecule has 1 amide bonds. The van der Waals surface area contributed by atoms with E-state index in [1.54, 1.807) is 0 Å². The van der Waals surface area contributed by atoms with Crippen molar-refractivity contribution in [2.24, 2.45) is 0 Å². The molecule has 0 spiro atoms. The van der Waals surface area contributed by atoms with Crippen LogP contribution in [-0.2, 0) is 4.74 Å². The van der Waals surface area contributed by atoms with Crippen LogP contribution in [0.5, 0.6) is 0 Å². The van der Waals surface area contributed by atoms with Crippen molar-refractivity contribution in [3.63, 3.8) is 0 Å². The van der Waals surface area contributed by atoms with Crippen molar-refractivity contribution in [1.82, 2.24) is 5.32 Å². The van der Waals surface area contributed by atoms with Crippen molar-refractivity contribution >= 4 is 27.9 Å². The molecule has 1 fully saturated rings. The maximum absolute atomic E-state index is 12.1. The summed E-state index contributed by atoms with van der Waals surface area (Å²) in [6.45, 7) is 5.26. The fraction of sp³-hybridized carbons (Fsp3) is 0.538. The third-order valence-corrected chi connectivity index (χ3v) is 4.34. The third kappa shape index (κ3) is 2.86. The molecule has 0 bridgehead atoms. The number of carbonyl (C=O) groups excluding carboxylic acids is 1. The summed E-state index contributed by atoms with van der Waals surface area (Å²) < 4.78 is 5.30. The second-order valence-corrected chi connectivity index (χ2v) is 5.49. The first-order chi connectivity index (χ1) is 9.69. The van der Waals surface area contributed by atoms with E-state index in [4.69, 9.17) is 10.5 Å². The maximum Gasteiger partial charge on any atom is 0.263 e. The summed E-state index contributed by atoms with van der Waals surface area (Å²) in [6, 6.07) is 2.12. The number of rotatable bonds is 4. The Labute approximate surface area is 122 Å². The highest BCUT2D eigenvalue weighted by Gasteiger charge is 2.25. The summed E-state index contributed by atoms with van der Waals surface area (Å²) in [5.74, 6) is -0.203. The molecule has 0 unspecified atom stereocenters. The van der Waals surface area contributed by atoms with Gasteiger partial charge in [0, 0.05) is 19.6 Å². The lowest BCUT2D eigenvalue weighted by Gasteiger charge is -2.27. The number of nitrogens with zero attached hydrogens (tertiary/aromatic N) is 2. The van der Waals surface area contributed by atoms with Gasteiger partial charge in [-0.05, 0) is 6.42 Å².